The lowest BCUT2D eigenvalue weighted by Gasteiger charge is -2.26. The maximum Gasteiger partial charge on any atom is 0.305 e. The van der Waals surface area contributed by atoms with Crippen molar-refractivity contribution in [1.29, 1.82) is 0 Å². The zero-order chi connectivity index (χ0) is 35.5. The number of hydrogen-bond donors (Lipinski definition) is 9. The number of carbonyl (C=O) groups excluding carboxylic acids is 6. The van der Waals surface area contributed by atoms with Gasteiger partial charge in [-0.2, -0.15) is 0 Å². The Morgan fingerprint density at radius 3 is 2.08 bits per heavy atom. The van der Waals surface area contributed by atoms with Gasteiger partial charge < -0.3 is 48.5 Å². The minimum absolute atomic E-state index is 0.0165. The van der Waals surface area contributed by atoms with Crippen molar-refractivity contribution in [2.24, 2.45) is 16.5 Å². The molecule has 0 saturated carbocycles. The summed E-state index contributed by atoms with van der Waals surface area (Å²) < 4.78 is 0. The van der Waals surface area contributed by atoms with E-state index in [1.54, 1.807) is 30.3 Å². The van der Waals surface area contributed by atoms with Crippen LogP contribution >= 0.6 is 0 Å². The van der Waals surface area contributed by atoms with Gasteiger partial charge in [-0.05, 0) is 44.1 Å². The van der Waals surface area contributed by atoms with Gasteiger partial charge in [-0.25, -0.2) is 0 Å². The zero-order valence-electron chi connectivity index (χ0n) is 27.1. The van der Waals surface area contributed by atoms with E-state index in [-0.39, 0.29) is 44.1 Å². The van der Waals surface area contributed by atoms with E-state index in [4.69, 9.17) is 11.5 Å². The molecule has 1 aromatic carbocycles. The molecule has 1 fully saturated rings. The van der Waals surface area contributed by atoms with Gasteiger partial charge in [-0.15, -0.1) is 0 Å². The summed E-state index contributed by atoms with van der Waals surface area (Å²) in [4.78, 5) is 93.8. The van der Waals surface area contributed by atoms with E-state index in [9.17, 15) is 38.7 Å². The largest absolute Gasteiger partial charge is 0.481 e. The molecule has 264 valence electrons. The number of amides is 6. The molecular formula is C31H47N9O8. The van der Waals surface area contributed by atoms with Crippen LogP contribution in [0, 0.1) is 0 Å². The number of nitrogens with two attached hydrogens (primary N) is 2. The summed E-state index contributed by atoms with van der Waals surface area (Å²) in [5.41, 5.74) is 11.4. The maximum absolute atomic E-state index is 13.7. The van der Waals surface area contributed by atoms with E-state index in [1.165, 1.54) is 0 Å². The lowest BCUT2D eigenvalue weighted by molar-refractivity contribution is -0.141. The fourth-order valence-corrected chi connectivity index (χ4v) is 4.85. The van der Waals surface area contributed by atoms with Crippen LogP contribution in [0.3, 0.4) is 0 Å². The Hall–Kier alpha value is -5.22. The molecule has 0 bridgehead atoms. The highest BCUT2D eigenvalue weighted by Crippen LogP contribution is 2.09. The van der Waals surface area contributed by atoms with Crippen molar-refractivity contribution < 1.29 is 38.7 Å². The van der Waals surface area contributed by atoms with Crippen molar-refractivity contribution >= 4 is 47.4 Å². The summed E-state index contributed by atoms with van der Waals surface area (Å²) in [5.74, 6) is -5.60. The SMILES string of the molecule is CCCC(=O)NCCCC[C@H]1NC(=O)[C@@H](Cc2ccccc2)NC(=O)[C@H](CC(=O)O)NC(=O)CNC(=O)[C@H](CCCN=C(N)N)NC1=O. The van der Waals surface area contributed by atoms with Crippen molar-refractivity contribution in [3.05, 3.63) is 35.9 Å². The molecule has 0 aromatic heterocycles. The highest BCUT2D eigenvalue weighted by Gasteiger charge is 2.33. The molecule has 1 aliphatic rings. The molecule has 2 rings (SSSR count). The minimum Gasteiger partial charge on any atom is -0.481 e. The average molecular weight is 674 g/mol. The van der Waals surface area contributed by atoms with Gasteiger partial charge in [0.2, 0.25) is 35.4 Å². The summed E-state index contributed by atoms with van der Waals surface area (Å²) >= 11 is 0. The lowest BCUT2D eigenvalue weighted by Crippen LogP contribution is -2.58. The maximum atomic E-state index is 13.7. The van der Waals surface area contributed by atoms with Crippen LogP contribution in [0.5, 0.6) is 0 Å². The molecule has 48 heavy (non-hydrogen) atoms. The Balaban J connectivity index is 2.41. The van der Waals surface area contributed by atoms with Crippen molar-refractivity contribution in [3.63, 3.8) is 0 Å². The number of nitrogens with one attached hydrogen (secondary N) is 6. The number of carboxylic acids is 1. The van der Waals surface area contributed by atoms with Crippen LogP contribution in [0.15, 0.2) is 35.3 Å². The van der Waals surface area contributed by atoms with Crippen LogP contribution in [-0.2, 0) is 40.0 Å². The van der Waals surface area contributed by atoms with Crippen molar-refractivity contribution in [2.75, 3.05) is 19.6 Å². The van der Waals surface area contributed by atoms with Crippen molar-refractivity contribution in [2.45, 2.75) is 88.9 Å². The monoisotopic (exact) mass is 673 g/mol. The topological polar surface area (TPSA) is 276 Å². The third-order valence-electron chi connectivity index (χ3n) is 7.30. The number of unbranched alkanes of at least 4 members (excludes halogenated alkanes) is 1. The van der Waals surface area contributed by atoms with Crippen molar-refractivity contribution in [1.82, 2.24) is 31.9 Å². The first-order valence-corrected chi connectivity index (χ1v) is 16.0. The van der Waals surface area contributed by atoms with Gasteiger partial charge >= 0.3 is 5.97 Å². The summed E-state index contributed by atoms with van der Waals surface area (Å²) in [6, 6.07) is 3.54. The van der Waals surface area contributed by atoms with Gasteiger partial charge in [0.1, 0.15) is 24.2 Å². The Bertz CT molecular complexity index is 1300. The molecule has 0 unspecified atom stereocenters. The molecule has 1 saturated heterocycles. The number of hydrogen-bond acceptors (Lipinski definition) is 8. The molecular weight excluding hydrogens is 626 g/mol. The summed E-state index contributed by atoms with van der Waals surface area (Å²) in [5, 5.41) is 24.8. The van der Waals surface area contributed by atoms with Gasteiger partial charge in [0.15, 0.2) is 5.96 Å². The third-order valence-corrected chi connectivity index (χ3v) is 7.30. The van der Waals surface area contributed by atoms with Gasteiger partial charge in [0, 0.05) is 25.9 Å². The number of carbonyl (C=O) groups is 7. The first-order valence-electron chi connectivity index (χ1n) is 16.0. The number of guanidine groups is 1. The fourth-order valence-electron chi connectivity index (χ4n) is 4.85. The Kier molecular flexibility index (Phi) is 16.9. The Morgan fingerprint density at radius 2 is 1.44 bits per heavy atom. The molecule has 0 spiro atoms. The Labute approximate surface area is 278 Å². The highest BCUT2D eigenvalue weighted by atomic mass is 16.4. The summed E-state index contributed by atoms with van der Waals surface area (Å²) in [6.07, 6.45) is 1.63. The number of aliphatic carboxylic acids is 1. The second-order valence-corrected chi connectivity index (χ2v) is 11.4. The standard InChI is InChI=1S/C31H47N9O8/c1-2-9-24(41)34-14-7-6-12-21-28(46)38-20(13-8-15-35-31(32)33)27(45)36-18-25(42)37-23(17-26(43)44)30(48)40-22(29(47)39-21)16-19-10-4-3-5-11-19/h3-5,10-11,20-23H,2,6-9,12-18H2,1H3,(H,34,41)(H,36,45)(H,37,42)(H,38,46)(H,39,47)(H,40,48)(H,43,44)(H4,32,33,35)/t20-,21+,22+,23-/m0/s1. The molecule has 17 heteroatoms. The predicted molar refractivity (Wildman–Crippen MR) is 175 cm³/mol. The number of rotatable bonds is 15. The Morgan fingerprint density at radius 1 is 0.833 bits per heavy atom. The zero-order valence-corrected chi connectivity index (χ0v) is 27.1. The molecule has 1 aliphatic heterocycles. The molecule has 0 radical (unpaired) electrons. The smallest absolute Gasteiger partial charge is 0.305 e. The van der Waals surface area contributed by atoms with Crippen molar-refractivity contribution in [3.8, 4) is 0 Å². The number of benzene rings is 1. The van der Waals surface area contributed by atoms with Gasteiger partial charge in [-0.3, -0.25) is 38.6 Å². The number of aliphatic imine (C=N–C) groups is 1. The number of nitrogens with zero attached hydrogens (tertiary/aromatic N) is 1. The molecule has 1 heterocycles. The first-order chi connectivity index (χ1) is 22.9. The van der Waals surface area contributed by atoms with E-state index in [0.717, 1.165) is 0 Å². The minimum atomic E-state index is -1.57. The molecule has 17 nitrogen and oxygen atoms in total. The molecule has 6 amide bonds. The average Bonchev–Trinajstić information content (AvgIpc) is 3.03. The first kappa shape index (κ1) is 39.0. The highest BCUT2D eigenvalue weighted by molar-refractivity contribution is 5.98. The summed E-state index contributed by atoms with van der Waals surface area (Å²) in [7, 11) is 0. The lowest BCUT2D eigenvalue weighted by atomic mass is 10.0. The molecule has 1 aromatic rings. The fraction of sp³-hybridized carbons (Fsp3) is 0.548. The summed E-state index contributed by atoms with van der Waals surface area (Å²) in [6.45, 7) is 1.77. The van der Waals surface area contributed by atoms with Gasteiger partial charge in [0.25, 0.3) is 0 Å². The van der Waals surface area contributed by atoms with Gasteiger partial charge in [0.05, 0.1) is 13.0 Å². The van der Waals surface area contributed by atoms with Gasteiger partial charge in [-0.1, -0.05) is 37.3 Å². The molecule has 4 atom stereocenters. The molecule has 11 N–H and O–H groups in total. The number of carboxylic acid groups (broad SMARTS) is 1. The van der Waals surface area contributed by atoms with Crippen LogP contribution in [0.1, 0.15) is 63.9 Å². The van der Waals surface area contributed by atoms with Crippen LogP contribution in [-0.4, -0.2) is 96.3 Å². The second kappa shape index (κ2) is 20.8. The van der Waals surface area contributed by atoms with E-state index in [1.807, 2.05) is 6.92 Å². The van der Waals surface area contributed by atoms with E-state index < -0.39 is 72.6 Å². The second-order valence-electron chi connectivity index (χ2n) is 11.4. The normalized spacial score (nSPS) is 20.8. The third kappa shape index (κ3) is 14.9. The van der Waals surface area contributed by atoms with Crippen LogP contribution in [0.2, 0.25) is 0 Å². The van der Waals surface area contributed by atoms with Crippen LogP contribution in [0.4, 0.5) is 0 Å². The quantitative estimate of drug-likeness (QED) is 0.0556. The predicted octanol–water partition coefficient (Wildman–Crippen LogP) is -2.09. The van der Waals surface area contributed by atoms with Crippen LogP contribution < -0.4 is 43.4 Å². The van der Waals surface area contributed by atoms with E-state index in [2.05, 4.69) is 36.9 Å². The molecule has 0 aliphatic carbocycles. The van der Waals surface area contributed by atoms with Crippen LogP contribution in [0.25, 0.3) is 0 Å². The van der Waals surface area contributed by atoms with E-state index in [0.29, 0.717) is 37.8 Å². The van der Waals surface area contributed by atoms with E-state index >= 15 is 0 Å².